The SMILES string of the molecule is CCNC(c1ccccc1)C(SCC(O)CO)C(C)C. The van der Waals surface area contributed by atoms with Crippen molar-refractivity contribution in [1.82, 2.24) is 5.32 Å². The van der Waals surface area contributed by atoms with Gasteiger partial charge in [-0.15, -0.1) is 0 Å². The molecule has 20 heavy (non-hydrogen) atoms. The Bertz CT molecular complexity index is 359. The van der Waals surface area contributed by atoms with E-state index in [0.29, 0.717) is 16.9 Å². The summed E-state index contributed by atoms with van der Waals surface area (Å²) in [5.41, 5.74) is 1.28. The molecule has 0 heterocycles. The molecule has 0 aliphatic carbocycles. The van der Waals surface area contributed by atoms with E-state index in [9.17, 15) is 5.11 Å². The monoisotopic (exact) mass is 297 g/mol. The van der Waals surface area contributed by atoms with Crippen LogP contribution in [-0.2, 0) is 0 Å². The standard InChI is InChI=1S/C16H27NO2S/c1-4-17-15(13-8-6-5-7-9-13)16(12(2)3)20-11-14(19)10-18/h5-9,12,14-19H,4,10-11H2,1-3H3. The van der Waals surface area contributed by atoms with Crippen LogP contribution in [0.1, 0.15) is 32.4 Å². The van der Waals surface area contributed by atoms with Crippen LogP contribution >= 0.6 is 11.8 Å². The highest BCUT2D eigenvalue weighted by atomic mass is 32.2. The van der Waals surface area contributed by atoms with E-state index in [1.54, 1.807) is 11.8 Å². The van der Waals surface area contributed by atoms with Gasteiger partial charge in [-0.1, -0.05) is 51.1 Å². The molecule has 3 N–H and O–H groups in total. The zero-order valence-electron chi connectivity index (χ0n) is 12.6. The smallest absolute Gasteiger partial charge is 0.0861 e. The molecule has 4 heteroatoms. The summed E-state index contributed by atoms with van der Waals surface area (Å²) < 4.78 is 0. The van der Waals surface area contributed by atoms with Gasteiger partial charge < -0.3 is 15.5 Å². The van der Waals surface area contributed by atoms with E-state index in [1.807, 2.05) is 6.07 Å². The van der Waals surface area contributed by atoms with Crippen LogP contribution in [0.5, 0.6) is 0 Å². The van der Waals surface area contributed by atoms with Crippen LogP contribution in [0.15, 0.2) is 30.3 Å². The van der Waals surface area contributed by atoms with Gasteiger partial charge in [0.1, 0.15) is 0 Å². The van der Waals surface area contributed by atoms with E-state index in [1.165, 1.54) is 5.56 Å². The summed E-state index contributed by atoms with van der Waals surface area (Å²) in [7, 11) is 0. The third-order valence-electron chi connectivity index (χ3n) is 3.26. The number of rotatable bonds is 9. The Kier molecular flexibility index (Phi) is 8.22. The van der Waals surface area contributed by atoms with Gasteiger partial charge in [0.25, 0.3) is 0 Å². The Morgan fingerprint density at radius 3 is 2.35 bits per heavy atom. The highest BCUT2D eigenvalue weighted by Crippen LogP contribution is 2.32. The molecule has 3 atom stereocenters. The zero-order valence-corrected chi connectivity index (χ0v) is 13.4. The second-order valence-corrected chi connectivity index (χ2v) is 6.54. The Labute approximate surface area is 126 Å². The van der Waals surface area contributed by atoms with Crippen molar-refractivity contribution in [2.75, 3.05) is 18.9 Å². The largest absolute Gasteiger partial charge is 0.394 e. The molecule has 0 fully saturated rings. The number of benzene rings is 1. The van der Waals surface area contributed by atoms with Gasteiger partial charge in [-0.2, -0.15) is 11.8 Å². The van der Waals surface area contributed by atoms with Crippen LogP contribution in [-0.4, -0.2) is 40.5 Å². The van der Waals surface area contributed by atoms with E-state index in [4.69, 9.17) is 5.11 Å². The van der Waals surface area contributed by atoms with E-state index in [2.05, 4.69) is 50.4 Å². The van der Waals surface area contributed by atoms with E-state index in [0.717, 1.165) is 6.54 Å². The maximum absolute atomic E-state index is 9.58. The summed E-state index contributed by atoms with van der Waals surface area (Å²) in [5.74, 6) is 1.05. The lowest BCUT2D eigenvalue weighted by atomic mass is 9.96. The molecule has 1 rings (SSSR count). The highest BCUT2D eigenvalue weighted by molar-refractivity contribution is 8.00. The molecule has 3 unspecified atom stereocenters. The molecule has 1 aromatic rings. The molecule has 0 saturated carbocycles. The van der Waals surface area contributed by atoms with Crippen LogP contribution in [0.4, 0.5) is 0 Å². The van der Waals surface area contributed by atoms with Gasteiger partial charge in [0.15, 0.2) is 0 Å². The normalized spacial score (nSPS) is 16.1. The second kappa shape index (κ2) is 9.40. The molecular weight excluding hydrogens is 270 g/mol. The van der Waals surface area contributed by atoms with E-state index in [-0.39, 0.29) is 12.6 Å². The minimum Gasteiger partial charge on any atom is -0.394 e. The number of aliphatic hydroxyl groups excluding tert-OH is 2. The lowest BCUT2D eigenvalue weighted by molar-refractivity contribution is 0.113. The van der Waals surface area contributed by atoms with Crippen molar-refractivity contribution in [2.24, 2.45) is 5.92 Å². The fourth-order valence-corrected chi connectivity index (χ4v) is 3.63. The molecule has 0 aromatic heterocycles. The van der Waals surface area contributed by atoms with Crippen LogP contribution < -0.4 is 5.32 Å². The molecule has 0 radical (unpaired) electrons. The molecule has 0 aliphatic heterocycles. The lowest BCUT2D eigenvalue weighted by Crippen LogP contribution is -2.34. The third kappa shape index (κ3) is 5.44. The van der Waals surface area contributed by atoms with Crippen molar-refractivity contribution in [1.29, 1.82) is 0 Å². The van der Waals surface area contributed by atoms with Crippen molar-refractivity contribution in [3.63, 3.8) is 0 Å². The summed E-state index contributed by atoms with van der Waals surface area (Å²) >= 11 is 1.73. The van der Waals surface area contributed by atoms with Crippen LogP contribution in [0.25, 0.3) is 0 Å². The number of hydrogen-bond donors (Lipinski definition) is 3. The van der Waals surface area contributed by atoms with Gasteiger partial charge in [-0.3, -0.25) is 0 Å². The Morgan fingerprint density at radius 1 is 1.20 bits per heavy atom. The molecule has 0 bridgehead atoms. The minimum atomic E-state index is -0.640. The summed E-state index contributed by atoms with van der Waals surface area (Å²) in [6.45, 7) is 7.26. The number of thioether (sulfide) groups is 1. The van der Waals surface area contributed by atoms with Crippen LogP contribution in [0, 0.1) is 5.92 Å². The average molecular weight is 297 g/mol. The van der Waals surface area contributed by atoms with E-state index >= 15 is 0 Å². The lowest BCUT2D eigenvalue weighted by Gasteiger charge is -2.31. The summed E-state index contributed by atoms with van der Waals surface area (Å²) in [6, 6.07) is 10.7. The Morgan fingerprint density at radius 2 is 1.85 bits per heavy atom. The van der Waals surface area contributed by atoms with Gasteiger partial charge >= 0.3 is 0 Å². The topological polar surface area (TPSA) is 52.5 Å². The van der Waals surface area contributed by atoms with Gasteiger partial charge in [0.2, 0.25) is 0 Å². The molecule has 0 saturated heterocycles. The third-order valence-corrected chi connectivity index (χ3v) is 5.04. The maximum Gasteiger partial charge on any atom is 0.0861 e. The first-order valence-electron chi connectivity index (χ1n) is 7.29. The predicted molar refractivity (Wildman–Crippen MR) is 87.0 cm³/mol. The average Bonchev–Trinajstić information content (AvgIpc) is 2.46. The van der Waals surface area contributed by atoms with Crippen molar-refractivity contribution in [3.8, 4) is 0 Å². The number of aliphatic hydroxyl groups is 2. The van der Waals surface area contributed by atoms with E-state index < -0.39 is 6.10 Å². The quantitative estimate of drug-likeness (QED) is 0.655. The highest BCUT2D eigenvalue weighted by Gasteiger charge is 2.26. The van der Waals surface area contributed by atoms with Crippen LogP contribution in [0.2, 0.25) is 0 Å². The summed E-state index contributed by atoms with van der Waals surface area (Å²) in [6.07, 6.45) is -0.640. The first kappa shape index (κ1) is 17.5. The van der Waals surface area contributed by atoms with Crippen molar-refractivity contribution in [3.05, 3.63) is 35.9 Å². The molecule has 3 nitrogen and oxygen atoms in total. The molecule has 114 valence electrons. The molecule has 0 aliphatic rings. The van der Waals surface area contributed by atoms with Gasteiger partial charge in [0.05, 0.1) is 12.7 Å². The molecular formula is C16H27NO2S. The zero-order chi connectivity index (χ0) is 15.0. The molecule has 0 spiro atoms. The fourth-order valence-electron chi connectivity index (χ4n) is 2.25. The van der Waals surface area contributed by atoms with Crippen molar-refractivity contribution < 1.29 is 10.2 Å². The number of hydrogen-bond acceptors (Lipinski definition) is 4. The maximum atomic E-state index is 9.58. The van der Waals surface area contributed by atoms with Gasteiger partial charge in [-0.25, -0.2) is 0 Å². The van der Waals surface area contributed by atoms with Gasteiger partial charge in [0, 0.05) is 17.0 Å². The summed E-state index contributed by atoms with van der Waals surface area (Å²) in [4.78, 5) is 0. The Hall–Kier alpha value is -0.550. The fraction of sp³-hybridized carbons (Fsp3) is 0.625. The molecule has 1 aromatic carbocycles. The minimum absolute atomic E-state index is 0.172. The second-order valence-electron chi connectivity index (χ2n) is 5.32. The molecule has 0 amide bonds. The van der Waals surface area contributed by atoms with Crippen LogP contribution in [0.3, 0.4) is 0 Å². The predicted octanol–water partition coefficient (Wildman–Crippen LogP) is 2.45. The first-order valence-corrected chi connectivity index (χ1v) is 8.33. The Balaban J connectivity index is 2.83. The van der Waals surface area contributed by atoms with Gasteiger partial charge in [-0.05, 0) is 18.0 Å². The number of nitrogens with one attached hydrogen (secondary N) is 1. The first-order chi connectivity index (χ1) is 9.60. The van der Waals surface area contributed by atoms with Crippen molar-refractivity contribution >= 4 is 11.8 Å². The van der Waals surface area contributed by atoms with Crippen molar-refractivity contribution in [2.45, 2.75) is 38.2 Å². The summed E-state index contributed by atoms with van der Waals surface area (Å²) in [5, 5.41) is 22.5.